The first kappa shape index (κ1) is 15.6. The molecule has 1 aromatic heterocycles. The quantitative estimate of drug-likeness (QED) is 0.765. The first-order valence-corrected chi connectivity index (χ1v) is 7.59. The number of carbonyl (C=O) groups is 1. The van der Waals surface area contributed by atoms with Crippen LogP contribution in [0.15, 0.2) is 12.4 Å². The SMILES string of the molecule is CC1(C)OB(c2cnc(C3CC(=O)CCO3)cn2)OC1(C)C. The molecule has 0 N–H and O–H groups in total. The Hall–Kier alpha value is -1.31. The summed E-state index contributed by atoms with van der Waals surface area (Å²) < 4.78 is 17.5. The molecule has 2 aliphatic rings. The van der Waals surface area contributed by atoms with Crippen LogP contribution >= 0.6 is 0 Å². The highest BCUT2D eigenvalue weighted by Gasteiger charge is 2.52. The van der Waals surface area contributed by atoms with Crippen molar-refractivity contribution in [2.75, 3.05) is 6.61 Å². The average Bonchev–Trinajstić information content (AvgIpc) is 2.68. The largest absolute Gasteiger partial charge is 0.516 e. The molecule has 0 amide bonds. The summed E-state index contributed by atoms with van der Waals surface area (Å²) >= 11 is 0. The maximum atomic E-state index is 11.5. The zero-order valence-corrected chi connectivity index (χ0v) is 13.5. The van der Waals surface area contributed by atoms with Crippen LogP contribution in [0.2, 0.25) is 0 Å². The Kier molecular flexibility index (Phi) is 3.83. The zero-order chi connectivity index (χ0) is 16.0. The molecular weight excluding hydrogens is 283 g/mol. The molecule has 1 atom stereocenters. The van der Waals surface area contributed by atoms with Gasteiger partial charge in [-0.05, 0) is 27.7 Å². The lowest BCUT2D eigenvalue weighted by Crippen LogP contribution is -2.41. The third-order valence-electron chi connectivity index (χ3n) is 4.63. The van der Waals surface area contributed by atoms with E-state index < -0.39 is 18.3 Å². The predicted molar refractivity (Wildman–Crippen MR) is 80.7 cm³/mol. The number of ketones is 1. The van der Waals surface area contributed by atoms with E-state index in [0.717, 1.165) is 0 Å². The first-order valence-electron chi connectivity index (χ1n) is 7.59. The van der Waals surface area contributed by atoms with Crippen molar-refractivity contribution in [2.24, 2.45) is 0 Å². The van der Waals surface area contributed by atoms with Gasteiger partial charge in [-0.25, -0.2) is 0 Å². The summed E-state index contributed by atoms with van der Waals surface area (Å²) in [4.78, 5) is 20.3. The van der Waals surface area contributed by atoms with Gasteiger partial charge in [-0.15, -0.1) is 0 Å². The summed E-state index contributed by atoms with van der Waals surface area (Å²) in [6.07, 6.45) is 3.84. The Bertz CT molecular complexity index is 557. The molecule has 0 aromatic carbocycles. The van der Waals surface area contributed by atoms with E-state index in [-0.39, 0.29) is 11.9 Å². The van der Waals surface area contributed by atoms with E-state index in [4.69, 9.17) is 14.0 Å². The molecule has 0 saturated carbocycles. The molecule has 0 spiro atoms. The summed E-state index contributed by atoms with van der Waals surface area (Å²) in [7, 11) is -0.527. The topological polar surface area (TPSA) is 70.5 Å². The van der Waals surface area contributed by atoms with E-state index in [0.29, 0.717) is 30.7 Å². The van der Waals surface area contributed by atoms with E-state index in [1.54, 1.807) is 12.4 Å². The highest BCUT2D eigenvalue weighted by molar-refractivity contribution is 6.61. The molecule has 3 rings (SSSR count). The molecule has 7 heteroatoms. The number of ether oxygens (including phenoxy) is 1. The third kappa shape index (κ3) is 2.80. The molecule has 0 radical (unpaired) electrons. The second-order valence-corrected chi connectivity index (χ2v) is 6.81. The average molecular weight is 304 g/mol. The van der Waals surface area contributed by atoms with Gasteiger partial charge in [0.15, 0.2) is 0 Å². The van der Waals surface area contributed by atoms with Crippen molar-refractivity contribution in [3.63, 3.8) is 0 Å². The van der Waals surface area contributed by atoms with Crippen LogP contribution in [0.1, 0.15) is 52.3 Å². The summed E-state index contributed by atoms with van der Waals surface area (Å²) in [5.41, 5.74) is 0.492. The van der Waals surface area contributed by atoms with Gasteiger partial charge < -0.3 is 14.0 Å². The monoisotopic (exact) mass is 304 g/mol. The number of rotatable bonds is 2. The van der Waals surface area contributed by atoms with Gasteiger partial charge in [-0.1, -0.05) is 0 Å². The van der Waals surface area contributed by atoms with E-state index in [1.165, 1.54) is 0 Å². The summed E-state index contributed by atoms with van der Waals surface area (Å²) in [5.74, 6) is 0.202. The Morgan fingerprint density at radius 3 is 2.36 bits per heavy atom. The van der Waals surface area contributed by atoms with Gasteiger partial charge >= 0.3 is 7.12 Å². The Morgan fingerprint density at radius 2 is 1.82 bits per heavy atom. The van der Waals surface area contributed by atoms with Gasteiger partial charge in [0.05, 0.1) is 35.3 Å². The number of hydrogen-bond acceptors (Lipinski definition) is 6. The summed E-state index contributed by atoms with van der Waals surface area (Å²) in [6, 6.07) is 0. The van der Waals surface area contributed by atoms with Crippen LogP contribution in [0.4, 0.5) is 0 Å². The van der Waals surface area contributed by atoms with Crippen molar-refractivity contribution in [1.82, 2.24) is 9.97 Å². The van der Waals surface area contributed by atoms with Gasteiger partial charge in [0.25, 0.3) is 0 Å². The molecule has 0 bridgehead atoms. The zero-order valence-electron chi connectivity index (χ0n) is 13.5. The molecule has 0 aliphatic carbocycles. The van der Waals surface area contributed by atoms with Crippen LogP contribution in [-0.2, 0) is 18.8 Å². The highest BCUT2D eigenvalue weighted by Crippen LogP contribution is 2.36. The Morgan fingerprint density at radius 1 is 1.14 bits per heavy atom. The van der Waals surface area contributed by atoms with Crippen LogP contribution in [-0.4, -0.2) is 40.7 Å². The first-order chi connectivity index (χ1) is 10.3. The van der Waals surface area contributed by atoms with Crippen molar-refractivity contribution in [3.8, 4) is 0 Å². The molecule has 2 fully saturated rings. The molecule has 6 nitrogen and oxygen atoms in total. The Balaban J connectivity index is 1.74. The molecule has 1 unspecified atom stereocenters. The minimum atomic E-state index is -0.527. The van der Waals surface area contributed by atoms with Crippen molar-refractivity contribution in [3.05, 3.63) is 18.1 Å². The minimum absolute atomic E-state index is 0.202. The summed E-state index contributed by atoms with van der Waals surface area (Å²) in [5, 5.41) is 0. The molecule has 3 heterocycles. The summed E-state index contributed by atoms with van der Waals surface area (Å²) in [6.45, 7) is 8.43. The van der Waals surface area contributed by atoms with Gasteiger partial charge in [0, 0.05) is 19.0 Å². The van der Waals surface area contributed by atoms with E-state index in [9.17, 15) is 4.79 Å². The van der Waals surface area contributed by atoms with E-state index >= 15 is 0 Å². The molecule has 1 aromatic rings. The fourth-order valence-corrected chi connectivity index (χ4v) is 2.47. The van der Waals surface area contributed by atoms with Crippen LogP contribution < -0.4 is 5.59 Å². The predicted octanol–water partition coefficient (Wildman–Crippen LogP) is 1.20. The number of aromatic nitrogens is 2. The number of nitrogens with zero attached hydrogens (tertiary/aromatic N) is 2. The van der Waals surface area contributed by atoms with Crippen molar-refractivity contribution >= 4 is 18.5 Å². The molecule has 2 aliphatic heterocycles. The van der Waals surface area contributed by atoms with Crippen LogP contribution in [0.3, 0.4) is 0 Å². The van der Waals surface area contributed by atoms with Crippen molar-refractivity contribution in [2.45, 2.75) is 57.8 Å². The fraction of sp³-hybridized carbons (Fsp3) is 0.667. The van der Waals surface area contributed by atoms with E-state index in [1.807, 2.05) is 27.7 Å². The van der Waals surface area contributed by atoms with Crippen LogP contribution in [0.25, 0.3) is 0 Å². The molecule has 2 saturated heterocycles. The van der Waals surface area contributed by atoms with Crippen LogP contribution in [0.5, 0.6) is 0 Å². The number of Topliss-reactive ketones (excluding diaryl/α,β-unsaturated/α-hetero) is 1. The third-order valence-corrected chi connectivity index (χ3v) is 4.63. The van der Waals surface area contributed by atoms with Crippen molar-refractivity contribution < 1.29 is 18.8 Å². The maximum absolute atomic E-state index is 11.5. The molecule has 118 valence electrons. The lowest BCUT2D eigenvalue weighted by Gasteiger charge is -2.32. The smallest absolute Gasteiger partial charge is 0.398 e. The number of hydrogen-bond donors (Lipinski definition) is 0. The number of carbonyl (C=O) groups excluding carboxylic acids is 1. The van der Waals surface area contributed by atoms with Gasteiger partial charge in [-0.2, -0.15) is 0 Å². The van der Waals surface area contributed by atoms with Crippen molar-refractivity contribution in [1.29, 1.82) is 0 Å². The van der Waals surface area contributed by atoms with Gasteiger partial charge in [-0.3, -0.25) is 14.8 Å². The lowest BCUT2D eigenvalue weighted by atomic mass is 9.85. The van der Waals surface area contributed by atoms with Gasteiger partial charge in [0.1, 0.15) is 11.9 Å². The fourth-order valence-electron chi connectivity index (χ4n) is 2.47. The van der Waals surface area contributed by atoms with Gasteiger partial charge in [0.2, 0.25) is 0 Å². The standard InChI is InChI=1S/C15H21BN2O4/c1-14(2)15(3,4)22-16(21-14)13-9-17-11(8-18-13)12-7-10(19)5-6-20-12/h8-9,12H,5-7H2,1-4H3. The maximum Gasteiger partial charge on any atom is 0.516 e. The minimum Gasteiger partial charge on any atom is -0.398 e. The Labute approximate surface area is 130 Å². The second kappa shape index (κ2) is 5.40. The molecule has 22 heavy (non-hydrogen) atoms. The normalized spacial score (nSPS) is 27.2. The van der Waals surface area contributed by atoms with Crippen LogP contribution in [0, 0.1) is 0 Å². The van der Waals surface area contributed by atoms with E-state index in [2.05, 4.69) is 9.97 Å². The lowest BCUT2D eigenvalue weighted by molar-refractivity contribution is -0.128. The molecular formula is C15H21BN2O4. The second-order valence-electron chi connectivity index (χ2n) is 6.81. The highest BCUT2D eigenvalue weighted by atomic mass is 16.7.